The molecule has 21 heteroatoms. The summed E-state index contributed by atoms with van der Waals surface area (Å²) in [5, 5.41) is 6.55. The number of aromatic amines is 1. The number of urea groups is 1. The highest BCUT2D eigenvalue weighted by molar-refractivity contribution is 7.80. The summed E-state index contributed by atoms with van der Waals surface area (Å²) in [4.78, 5) is 72.1. The average molecular weight is 979 g/mol. The number of likely N-dealkylation sites (tertiary alicyclic amines) is 1. The van der Waals surface area contributed by atoms with Gasteiger partial charge in [0.1, 0.15) is 35.2 Å². The number of fused-ring (bicyclic) bond motifs is 2. The normalized spacial score (nSPS) is 22.1. The standard InChI is InChI=1S/C49H52F3N11O6S/c50-32-14-19-61(24-32)63(70(68)69)40-9-7-37(51)42(43(40)52)44(65)36-22-55-45-35(36)20-31(21-54-45)30-3-5-33(6-4-30)59-17-12-29(13-18-59)23-58-25-49(26-58)27-60(28-49)39-11-15-53-46-34(39)2-1-16-62(46)48(67)56-38-8-10-41(64)57-47(38)66/h3-7,9,11,15,20-22,29,32,38H,1-2,8,10,12-14,16-19,23-28H2,(H,54,55)(H,56,67)(H,68,69)(H,57,64,66)/p-1/t32-,38?/m1/s1. The number of nitrogens with one attached hydrogen (secondary N) is 3. The van der Waals surface area contributed by atoms with Crippen molar-refractivity contribution >= 4 is 68.8 Å². The Hall–Kier alpha value is -6.42. The Labute approximate surface area is 403 Å². The van der Waals surface area contributed by atoms with E-state index in [4.69, 9.17) is 0 Å². The Morgan fingerprint density at radius 1 is 0.914 bits per heavy atom. The summed E-state index contributed by atoms with van der Waals surface area (Å²) in [7, 11) is 0. The molecule has 3 N–H and O–H groups in total. The van der Waals surface area contributed by atoms with Crippen LogP contribution in [0.5, 0.6) is 0 Å². The third-order valence-electron chi connectivity index (χ3n) is 14.8. The molecule has 0 aliphatic carbocycles. The highest BCUT2D eigenvalue weighted by atomic mass is 32.2. The van der Waals surface area contributed by atoms with E-state index in [0.29, 0.717) is 39.3 Å². The Kier molecular flexibility index (Phi) is 12.1. The van der Waals surface area contributed by atoms with Crippen LogP contribution in [0.3, 0.4) is 0 Å². The quantitative estimate of drug-likeness (QED) is 0.0914. The molecule has 3 aromatic heterocycles. The van der Waals surface area contributed by atoms with Crippen molar-refractivity contribution in [3.8, 4) is 11.1 Å². The fourth-order valence-electron chi connectivity index (χ4n) is 11.4. The summed E-state index contributed by atoms with van der Waals surface area (Å²) < 4.78 is 70.2. The summed E-state index contributed by atoms with van der Waals surface area (Å²) in [6.45, 7) is 7.17. The van der Waals surface area contributed by atoms with Gasteiger partial charge in [-0.15, -0.1) is 0 Å². The van der Waals surface area contributed by atoms with Gasteiger partial charge in [-0.25, -0.2) is 37.4 Å². The van der Waals surface area contributed by atoms with E-state index in [2.05, 4.69) is 52.4 Å². The number of benzene rings is 2. The van der Waals surface area contributed by atoms with Crippen molar-refractivity contribution in [2.24, 2.45) is 11.3 Å². The lowest BCUT2D eigenvalue weighted by Gasteiger charge is -2.62. The maximum absolute atomic E-state index is 16.0. The number of alkyl halides is 1. The van der Waals surface area contributed by atoms with E-state index in [1.807, 2.05) is 18.2 Å². The van der Waals surface area contributed by atoms with Gasteiger partial charge in [0.2, 0.25) is 17.6 Å². The molecule has 0 saturated carbocycles. The van der Waals surface area contributed by atoms with Crippen molar-refractivity contribution in [3.63, 3.8) is 0 Å². The number of imide groups is 1. The first-order valence-corrected chi connectivity index (χ1v) is 24.8. The molecular formula is C49H51F3N11O6S-. The number of anilines is 4. The molecule has 70 heavy (non-hydrogen) atoms. The van der Waals surface area contributed by atoms with Crippen molar-refractivity contribution in [1.82, 2.24) is 35.5 Å². The SMILES string of the molecule is O=C1CCC(NC(=O)N2CCCc3c(N4CC5(CN(CC6CCN(c7ccc(-c8cnc9[nH]cc(C(=O)c%10c(F)ccc(N(N%11CC[C@@H](F)C%11)S(=O)[O-])c%10F)c9c8)cc7)CC6)C5)C4)ccnc32)C(=O)N1. The molecular weight excluding hydrogens is 928 g/mol. The third kappa shape index (κ3) is 8.55. The van der Waals surface area contributed by atoms with E-state index in [9.17, 15) is 32.3 Å². The molecule has 9 heterocycles. The second-order valence-electron chi connectivity index (χ2n) is 19.5. The maximum Gasteiger partial charge on any atom is 0.323 e. The summed E-state index contributed by atoms with van der Waals surface area (Å²) in [5.74, 6) is -3.12. The molecule has 6 aliphatic rings. The molecule has 3 atom stereocenters. The van der Waals surface area contributed by atoms with Crippen LogP contribution < -0.4 is 29.7 Å². The number of nitrogens with zero attached hydrogens (tertiary/aromatic N) is 8. The molecule has 17 nitrogen and oxygen atoms in total. The van der Waals surface area contributed by atoms with E-state index in [1.165, 1.54) is 6.20 Å². The van der Waals surface area contributed by atoms with Crippen LogP contribution in [-0.4, -0.2) is 135 Å². The molecule has 5 saturated heterocycles. The van der Waals surface area contributed by atoms with Gasteiger partial charge in [-0.05, 0) is 86.4 Å². The lowest BCUT2D eigenvalue weighted by atomic mass is 9.72. The van der Waals surface area contributed by atoms with E-state index in [-0.39, 0.29) is 55.3 Å². The fourth-order valence-corrected chi connectivity index (χ4v) is 12.0. The lowest BCUT2D eigenvalue weighted by Crippen LogP contribution is -2.72. The van der Waals surface area contributed by atoms with Crippen molar-refractivity contribution in [3.05, 3.63) is 95.4 Å². The zero-order valence-electron chi connectivity index (χ0n) is 38.2. The fraction of sp³-hybridized carbons (Fsp3) is 0.429. The smallest absolute Gasteiger partial charge is 0.323 e. The first kappa shape index (κ1) is 46.0. The van der Waals surface area contributed by atoms with Crippen LogP contribution in [0.15, 0.2) is 67.1 Å². The van der Waals surface area contributed by atoms with Crippen LogP contribution in [-0.2, 0) is 27.3 Å². The van der Waals surface area contributed by atoms with Crippen LogP contribution in [0.2, 0.25) is 0 Å². The Morgan fingerprint density at radius 3 is 2.43 bits per heavy atom. The molecule has 0 bridgehead atoms. The van der Waals surface area contributed by atoms with Gasteiger partial charge < -0.3 is 29.6 Å². The minimum absolute atomic E-state index is 0.00334. The molecule has 4 amide bonds. The van der Waals surface area contributed by atoms with Crippen molar-refractivity contribution in [2.45, 2.75) is 57.2 Å². The van der Waals surface area contributed by atoms with Crippen LogP contribution in [0.25, 0.3) is 22.2 Å². The van der Waals surface area contributed by atoms with Gasteiger partial charge in [-0.1, -0.05) is 12.1 Å². The molecule has 2 aromatic carbocycles. The number of H-pyrrole nitrogens is 1. The number of hydrogen-bond acceptors (Lipinski definition) is 12. The molecule has 5 aromatic rings. The monoisotopic (exact) mass is 978 g/mol. The number of hydrazine groups is 1. The number of piperidine rings is 2. The molecule has 2 unspecified atom stereocenters. The predicted octanol–water partition coefficient (Wildman–Crippen LogP) is 5.00. The highest BCUT2D eigenvalue weighted by Crippen LogP contribution is 2.45. The Bertz CT molecular complexity index is 2920. The van der Waals surface area contributed by atoms with Gasteiger partial charge in [0, 0.05) is 123 Å². The van der Waals surface area contributed by atoms with Gasteiger partial charge >= 0.3 is 6.03 Å². The predicted molar refractivity (Wildman–Crippen MR) is 254 cm³/mol. The molecule has 5 fully saturated rings. The minimum atomic E-state index is -3.07. The van der Waals surface area contributed by atoms with E-state index < -0.39 is 58.1 Å². The minimum Gasteiger partial charge on any atom is -0.754 e. The summed E-state index contributed by atoms with van der Waals surface area (Å²) in [5.41, 5.74) is 3.82. The van der Waals surface area contributed by atoms with Crippen LogP contribution in [0.1, 0.15) is 60.0 Å². The number of carbonyl (C=O) groups is 4. The zero-order chi connectivity index (χ0) is 48.4. The first-order chi connectivity index (χ1) is 33.8. The molecule has 11 rings (SSSR count). The highest BCUT2D eigenvalue weighted by Gasteiger charge is 2.52. The number of rotatable bonds is 11. The average Bonchev–Trinajstić information content (AvgIpc) is 3.96. The van der Waals surface area contributed by atoms with Gasteiger partial charge in [0.25, 0.3) is 0 Å². The number of pyridine rings is 2. The van der Waals surface area contributed by atoms with Crippen LogP contribution in [0.4, 0.5) is 40.8 Å². The first-order valence-electron chi connectivity index (χ1n) is 23.8. The van der Waals surface area contributed by atoms with Crippen molar-refractivity contribution < 1.29 is 41.1 Å². The number of ketones is 1. The van der Waals surface area contributed by atoms with E-state index in [0.717, 1.165) is 111 Å². The summed E-state index contributed by atoms with van der Waals surface area (Å²) in [6.07, 6.45) is 7.69. The number of hydrogen-bond donors (Lipinski definition) is 3. The summed E-state index contributed by atoms with van der Waals surface area (Å²) >= 11 is -3.07. The number of carbonyl (C=O) groups excluding carboxylic acids is 4. The number of aromatic nitrogens is 3. The maximum atomic E-state index is 16.0. The summed E-state index contributed by atoms with van der Waals surface area (Å²) in [6, 6.07) is 12.5. The number of halogens is 3. The van der Waals surface area contributed by atoms with E-state index >= 15 is 8.78 Å². The number of amides is 4. The zero-order valence-corrected chi connectivity index (χ0v) is 39.0. The van der Waals surface area contributed by atoms with Crippen LogP contribution in [0, 0.1) is 23.0 Å². The largest absolute Gasteiger partial charge is 0.754 e. The third-order valence-corrected chi connectivity index (χ3v) is 15.6. The van der Waals surface area contributed by atoms with Crippen molar-refractivity contribution in [2.75, 3.05) is 84.6 Å². The van der Waals surface area contributed by atoms with Gasteiger partial charge in [0.05, 0.1) is 23.4 Å². The van der Waals surface area contributed by atoms with Gasteiger partial charge in [-0.3, -0.25) is 28.8 Å². The van der Waals surface area contributed by atoms with Crippen LogP contribution >= 0.6 is 0 Å². The second kappa shape index (κ2) is 18.4. The Morgan fingerprint density at radius 2 is 1.70 bits per heavy atom. The Balaban J connectivity index is 0.678. The molecule has 6 aliphatic heterocycles. The van der Waals surface area contributed by atoms with Gasteiger partial charge in [-0.2, -0.15) is 0 Å². The second-order valence-corrected chi connectivity index (χ2v) is 20.3. The molecule has 366 valence electrons. The van der Waals surface area contributed by atoms with Gasteiger partial charge in [0.15, 0.2) is 5.82 Å². The molecule has 1 spiro atoms. The van der Waals surface area contributed by atoms with E-state index in [1.54, 1.807) is 23.4 Å². The van der Waals surface area contributed by atoms with Crippen molar-refractivity contribution in [1.29, 1.82) is 0 Å². The lowest BCUT2D eigenvalue weighted by molar-refractivity contribution is -0.134. The topological polar surface area (TPSA) is 193 Å². The molecule has 0 radical (unpaired) electrons.